The van der Waals surface area contributed by atoms with Crippen LogP contribution in [0.2, 0.25) is 5.02 Å². The fraction of sp³-hybridized carbons (Fsp3) is 0. The normalized spacial score (nSPS) is 11.5. The molecule has 0 saturated heterocycles. The van der Waals surface area contributed by atoms with Gasteiger partial charge in [-0.2, -0.15) is 0 Å². The van der Waals surface area contributed by atoms with E-state index in [4.69, 9.17) is 11.6 Å². The van der Waals surface area contributed by atoms with Crippen LogP contribution in [0.1, 0.15) is 0 Å². The van der Waals surface area contributed by atoms with Crippen molar-refractivity contribution in [2.75, 3.05) is 0 Å². The maximum absolute atomic E-state index is 13.5. The van der Waals surface area contributed by atoms with Gasteiger partial charge in [0.25, 0.3) is 0 Å². The highest BCUT2D eigenvalue weighted by atomic mass is 35.5. The van der Waals surface area contributed by atoms with E-state index in [0.29, 0.717) is 0 Å². The second kappa shape index (κ2) is 4.66. The van der Waals surface area contributed by atoms with Gasteiger partial charge < -0.3 is 0 Å². The molecule has 0 heterocycles. The molecule has 94 valence electrons. The average Bonchev–Trinajstić information content (AvgIpc) is 2.32. The number of benzene rings is 2. The Morgan fingerprint density at radius 2 is 1.50 bits per heavy atom. The molecule has 0 aromatic heterocycles. The van der Waals surface area contributed by atoms with E-state index in [1.807, 2.05) is 0 Å². The van der Waals surface area contributed by atoms with Crippen molar-refractivity contribution in [3.8, 4) is 0 Å². The summed E-state index contributed by atoms with van der Waals surface area (Å²) in [7, 11) is -4.26. The predicted molar refractivity (Wildman–Crippen MR) is 63.3 cm³/mol. The second-order valence-electron chi connectivity index (χ2n) is 3.51. The van der Waals surface area contributed by atoms with E-state index >= 15 is 0 Å². The highest BCUT2D eigenvalue weighted by Gasteiger charge is 2.25. The molecule has 0 unspecified atom stereocenters. The van der Waals surface area contributed by atoms with E-state index < -0.39 is 31.3 Å². The topological polar surface area (TPSA) is 34.1 Å². The second-order valence-corrected chi connectivity index (χ2v) is 5.83. The lowest BCUT2D eigenvalue weighted by Crippen LogP contribution is -2.06. The molecule has 0 saturated carbocycles. The third-order valence-corrected chi connectivity index (χ3v) is 4.35. The molecule has 18 heavy (non-hydrogen) atoms. The van der Waals surface area contributed by atoms with Gasteiger partial charge in [-0.3, -0.25) is 0 Å². The van der Waals surface area contributed by atoms with E-state index in [2.05, 4.69) is 0 Å². The maximum Gasteiger partial charge on any atom is 0.212 e. The maximum atomic E-state index is 13.5. The summed E-state index contributed by atoms with van der Waals surface area (Å²) in [5, 5.41) is 0.0614. The van der Waals surface area contributed by atoms with Gasteiger partial charge in [-0.1, -0.05) is 23.7 Å². The minimum absolute atomic E-state index is 0.0614. The smallest absolute Gasteiger partial charge is 0.212 e. The van der Waals surface area contributed by atoms with E-state index in [0.717, 1.165) is 24.3 Å². The average molecular weight is 289 g/mol. The van der Waals surface area contributed by atoms with Crippen molar-refractivity contribution in [1.82, 2.24) is 0 Å². The van der Waals surface area contributed by atoms with E-state index in [1.165, 1.54) is 18.2 Å². The molecule has 2 aromatic carbocycles. The molecule has 2 nitrogen and oxygen atoms in total. The molecule has 0 spiro atoms. The van der Waals surface area contributed by atoms with Crippen LogP contribution in [-0.2, 0) is 9.84 Å². The first kappa shape index (κ1) is 13.0. The van der Waals surface area contributed by atoms with Gasteiger partial charge in [0.15, 0.2) is 0 Å². The fourth-order valence-electron chi connectivity index (χ4n) is 1.46. The monoisotopic (exact) mass is 288 g/mol. The van der Waals surface area contributed by atoms with Gasteiger partial charge in [0, 0.05) is 5.02 Å². The molecule has 0 bridgehead atoms. The van der Waals surface area contributed by atoms with Crippen LogP contribution >= 0.6 is 11.6 Å². The quantitative estimate of drug-likeness (QED) is 0.848. The van der Waals surface area contributed by atoms with Crippen molar-refractivity contribution in [2.24, 2.45) is 0 Å². The van der Waals surface area contributed by atoms with E-state index in [-0.39, 0.29) is 5.02 Å². The minimum Gasteiger partial charge on any atom is -0.218 e. The minimum atomic E-state index is -4.26. The van der Waals surface area contributed by atoms with Crippen LogP contribution in [-0.4, -0.2) is 8.42 Å². The fourth-order valence-corrected chi connectivity index (χ4v) is 3.13. The molecule has 0 radical (unpaired) electrons. The van der Waals surface area contributed by atoms with Crippen LogP contribution in [0.3, 0.4) is 0 Å². The number of hydrogen-bond acceptors (Lipinski definition) is 2. The van der Waals surface area contributed by atoms with Crippen molar-refractivity contribution in [1.29, 1.82) is 0 Å². The van der Waals surface area contributed by atoms with Crippen molar-refractivity contribution in [3.05, 3.63) is 59.1 Å². The summed E-state index contributed by atoms with van der Waals surface area (Å²) < 4.78 is 51.2. The highest BCUT2D eigenvalue weighted by molar-refractivity contribution is 7.91. The third kappa shape index (κ3) is 2.23. The number of halogens is 3. The van der Waals surface area contributed by atoms with Crippen LogP contribution in [0.15, 0.2) is 52.3 Å². The zero-order valence-corrected chi connectivity index (χ0v) is 10.5. The lowest BCUT2D eigenvalue weighted by atomic mass is 10.3. The van der Waals surface area contributed by atoms with Gasteiger partial charge in [0.05, 0.1) is 0 Å². The van der Waals surface area contributed by atoms with Crippen molar-refractivity contribution < 1.29 is 17.2 Å². The van der Waals surface area contributed by atoms with Crippen LogP contribution in [0.5, 0.6) is 0 Å². The first-order chi connectivity index (χ1) is 8.43. The Bertz CT molecular complexity index is 699. The number of rotatable bonds is 2. The largest absolute Gasteiger partial charge is 0.218 e. The molecular weight excluding hydrogens is 282 g/mol. The molecule has 2 rings (SSSR count). The summed E-state index contributed by atoms with van der Waals surface area (Å²) in [4.78, 5) is -1.22. The summed E-state index contributed by atoms with van der Waals surface area (Å²) in [5.41, 5.74) is 0. The number of sulfone groups is 1. The summed E-state index contributed by atoms with van der Waals surface area (Å²) >= 11 is 5.63. The molecule has 0 atom stereocenters. The van der Waals surface area contributed by atoms with E-state index in [9.17, 15) is 17.2 Å². The first-order valence-corrected chi connectivity index (χ1v) is 6.74. The Morgan fingerprint density at radius 3 is 2.17 bits per heavy atom. The molecule has 0 aliphatic carbocycles. The zero-order chi connectivity index (χ0) is 13.3. The highest BCUT2D eigenvalue weighted by Crippen LogP contribution is 2.27. The van der Waals surface area contributed by atoms with Gasteiger partial charge in [0.1, 0.15) is 21.4 Å². The summed E-state index contributed by atoms with van der Waals surface area (Å²) in [5.74, 6) is -1.90. The zero-order valence-electron chi connectivity index (χ0n) is 8.90. The molecule has 0 aliphatic heterocycles. The van der Waals surface area contributed by atoms with Crippen LogP contribution in [0.4, 0.5) is 8.78 Å². The molecule has 2 aromatic rings. The summed E-state index contributed by atoms with van der Waals surface area (Å²) in [6, 6.07) is 7.88. The predicted octanol–water partition coefficient (Wildman–Crippen LogP) is 3.45. The molecule has 0 amide bonds. The van der Waals surface area contributed by atoms with Gasteiger partial charge in [-0.05, 0) is 30.3 Å². The van der Waals surface area contributed by atoms with E-state index in [1.54, 1.807) is 0 Å². The lowest BCUT2D eigenvalue weighted by Gasteiger charge is -2.07. The van der Waals surface area contributed by atoms with Crippen molar-refractivity contribution in [3.63, 3.8) is 0 Å². The Morgan fingerprint density at radius 1 is 0.889 bits per heavy atom. The summed E-state index contributed by atoms with van der Waals surface area (Å²) in [6.07, 6.45) is 0. The van der Waals surface area contributed by atoms with Crippen LogP contribution in [0.25, 0.3) is 0 Å². The molecular formula is C12H7ClF2O2S. The third-order valence-electron chi connectivity index (χ3n) is 2.31. The van der Waals surface area contributed by atoms with Gasteiger partial charge in [-0.15, -0.1) is 0 Å². The van der Waals surface area contributed by atoms with Gasteiger partial charge in [-0.25, -0.2) is 17.2 Å². The molecule has 0 aliphatic rings. The van der Waals surface area contributed by atoms with Crippen LogP contribution in [0, 0.1) is 11.6 Å². The Hall–Kier alpha value is -1.46. The Labute approximate surface area is 108 Å². The molecule has 0 N–H and O–H groups in total. The Kier molecular flexibility index (Phi) is 3.36. The SMILES string of the molecule is O=S(=O)(c1ccccc1F)c1cc(Cl)ccc1F. The standard InChI is InChI=1S/C12H7ClF2O2S/c13-8-5-6-10(15)12(7-8)18(16,17)11-4-2-1-3-9(11)14/h1-7H. The van der Waals surface area contributed by atoms with Crippen LogP contribution < -0.4 is 0 Å². The van der Waals surface area contributed by atoms with Gasteiger partial charge >= 0.3 is 0 Å². The summed E-state index contributed by atoms with van der Waals surface area (Å²) in [6.45, 7) is 0. The number of hydrogen-bond donors (Lipinski definition) is 0. The molecule has 6 heteroatoms. The lowest BCUT2D eigenvalue weighted by molar-refractivity contribution is 0.552. The Balaban J connectivity index is 2.70. The van der Waals surface area contributed by atoms with Crippen molar-refractivity contribution in [2.45, 2.75) is 9.79 Å². The van der Waals surface area contributed by atoms with Gasteiger partial charge in [0.2, 0.25) is 9.84 Å². The van der Waals surface area contributed by atoms with Crippen molar-refractivity contribution >= 4 is 21.4 Å². The first-order valence-electron chi connectivity index (χ1n) is 4.87. The molecule has 0 fully saturated rings.